The Kier molecular flexibility index (Phi) is 3.33. The van der Waals surface area contributed by atoms with E-state index in [1.54, 1.807) is 0 Å². The average molecular weight is 232 g/mol. The van der Waals surface area contributed by atoms with E-state index in [0.29, 0.717) is 18.4 Å². The molecule has 0 aromatic rings. The Bertz CT molecular complexity index is 311. The fourth-order valence-corrected chi connectivity index (χ4v) is 3.06. The Balaban J connectivity index is 1.59. The molecular formula is C10H20N2O2S. The van der Waals surface area contributed by atoms with Crippen LogP contribution in [0.15, 0.2) is 0 Å². The summed E-state index contributed by atoms with van der Waals surface area (Å²) < 4.78 is 25.8. The lowest BCUT2D eigenvalue weighted by molar-refractivity contribution is 0.571. The first-order chi connectivity index (χ1) is 7.07. The molecule has 0 saturated heterocycles. The molecule has 2 aliphatic carbocycles. The molecule has 15 heavy (non-hydrogen) atoms. The molecule has 4 nitrogen and oxygen atoms in total. The first-order valence-electron chi connectivity index (χ1n) is 5.80. The van der Waals surface area contributed by atoms with Crippen LogP contribution in [0.25, 0.3) is 0 Å². The summed E-state index contributed by atoms with van der Waals surface area (Å²) in [5.74, 6) is 0.792. The van der Waals surface area contributed by atoms with E-state index >= 15 is 0 Å². The predicted octanol–water partition coefficient (Wildman–Crippen LogP) is 0.456. The van der Waals surface area contributed by atoms with Gasteiger partial charge >= 0.3 is 0 Å². The molecule has 0 heterocycles. The lowest BCUT2D eigenvalue weighted by Gasteiger charge is -2.06. The Morgan fingerprint density at radius 1 is 1.33 bits per heavy atom. The smallest absolute Gasteiger partial charge is 0.211 e. The summed E-state index contributed by atoms with van der Waals surface area (Å²) in [5, 5.41) is 3.31. The van der Waals surface area contributed by atoms with E-state index in [1.807, 2.05) is 0 Å². The van der Waals surface area contributed by atoms with E-state index in [-0.39, 0.29) is 11.8 Å². The molecule has 5 heteroatoms. The molecule has 2 rings (SSSR count). The van der Waals surface area contributed by atoms with Crippen molar-refractivity contribution in [3.05, 3.63) is 0 Å². The normalized spacial score (nSPS) is 30.5. The van der Waals surface area contributed by atoms with Crippen LogP contribution in [0.3, 0.4) is 0 Å². The third-order valence-corrected chi connectivity index (χ3v) is 4.53. The van der Waals surface area contributed by atoms with Crippen LogP contribution in [0.5, 0.6) is 0 Å². The summed E-state index contributed by atoms with van der Waals surface area (Å²) in [5.41, 5.74) is 0. The maximum atomic E-state index is 11.5. The van der Waals surface area contributed by atoms with Gasteiger partial charge in [-0.2, -0.15) is 0 Å². The Labute approximate surface area is 91.9 Å². The molecule has 2 fully saturated rings. The van der Waals surface area contributed by atoms with E-state index in [2.05, 4.69) is 17.0 Å². The minimum atomic E-state index is -3.02. The third kappa shape index (κ3) is 4.09. The molecule has 2 unspecified atom stereocenters. The number of hydrogen-bond donors (Lipinski definition) is 2. The molecular weight excluding hydrogens is 212 g/mol. The quantitative estimate of drug-likeness (QED) is 0.627. The monoisotopic (exact) mass is 232 g/mol. The van der Waals surface area contributed by atoms with E-state index in [4.69, 9.17) is 0 Å². The van der Waals surface area contributed by atoms with Crippen LogP contribution in [0.1, 0.15) is 32.6 Å². The second kappa shape index (κ2) is 4.39. The van der Waals surface area contributed by atoms with Crippen LogP contribution in [-0.2, 0) is 10.0 Å². The van der Waals surface area contributed by atoms with Gasteiger partial charge in [-0.1, -0.05) is 6.92 Å². The van der Waals surface area contributed by atoms with Crippen molar-refractivity contribution in [2.75, 3.05) is 12.3 Å². The maximum absolute atomic E-state index is 11.5. The minimum Gasteiger partial charge on any atom is -0.314 e. The van der Waals surface area contributed by atoms with Crippen LogP contribution >= 0.6 is 0 Å². The van der Waals surface area contributed by atoms with Crippen LogP contribution in [0.2, 0.25) is 0 Å². The molecule has 0 spiro atoms. The number of hydrogen-bond acceptors (Lipinski definition) is 3. The van der Waals surface area contributed by atoms with Crippen molar-refractivity contribution in [3.8, 4) is 0 Å². The van der Waals surface area contributed by atoms with Crippen molar-refractivity contribution in [2.45, 2.75) is 44.7 Å². The summed E-state index contributed by atoms with van der Waals surface area (Å²) in [6.45, 7) is 2.90. The summed E-state index contributed by atoms with van der Waals surface area (Å²) in [7, 11) is -3.02. The third-order valence-electron chi connectivity index (χ3n) is 3.04. The van der Waals surface area contributed by atoms with Gasteiger partial charge in [0, 0.05) is 12.1 Å². The highest BCUT2D eigenvalue weighted by Gasteiger charge is 2.35. The van der Waals surface area contributed by atoms with Gasteiger partial charge in [0.1, 0.15) is 0 Å². The van der Waals surface area contributed by atoms with Crippen molar-refractivity contribution in [3.63, 3.8) is 0 Å². The SMILES string of the molecule is CC1CC1NS(=O)(=O)CCCNC1CC1. The summed E-state index contributed by atoms with van der Waals surface area (Å²) in [6, 6.07) is 0.885. The lowest BCUT2D eigenvalue weighted by Crippen LogP contribution is -2.31. The van der Waals surface area contributed by atoms with Gasteiger partial charge in [-0.3, -0.25) is 0 Å². The van der Waals surface area contributed by atoms with Gasteiger partial charge in [0.2, 0.25) is 10.0 Å². The number of sulfonamides is 1. The van der Waals surface area contributed by atoms with Gasteiger partial charge in [0.05, 0.1) is 5.75 Å². The minimum absolute atomic E-state index is 0.214. The molecule has 0 amide bonds. The van der Waals surface area contributed by atoms with Crippen molar-refractivity contribution in [1.29, 1.82) is 0 Å². The summed E-state index contributed by atoms with van der Waals surface area (Å²) in [4.78, 5) is 0. The zero-order valence-electron chi connectivity index (χ0n) is 9.20. The molecule has 0 radical (unpaired) electrons. The van der Waals surface area contributed by atoms with Crippen molar-refractivity contribution in [2.24, 2.45) is 5.92 Å². The van der Waals surface area contributed by atoms with Crippen LogP contribution in [0.4, 0.5) is 0 Å². The van der Waals surface area contributed by atoms with E-state index in [9.17, 15) is 8.42 Å². The first kappa shape index (κ1) is 11.4. The fourth-order valence-electron chi connectivity index (χ4n) is 1.63. The second-order valence-corrected chi connectivity index (χ2v) is 6.71. The molecule has 2 saturated carbocycles. The van der Waals surface area contributed by atoms with Crippen molar-refractivity contribution >= 4 is 10.0 Å². The summed E-state index contributed by atoms with van der Waals surface area (Å²) in [6.07, 6.45) is 4.22. The molecule has 0 aromatic heterocycles. The molecule has 2 N–H and O–H groups in total. The van der Waals surface area contributed by atoms with Gasteiger partial charge in [-0.15, -0.1) is 0 Å². The standard InChI is InChI=1S/C10H20N2O2S/c1-8-7-10(8)12-15(13,14)6-2-5-11-9-3-4-9/h8-12H,2-7H2,1H3. The Morgan fingerprint density at radius 3 is 2.53 bits per heavy atom. The maximum Gasteiger partial charge on any atom is 0.211 e. The fraction of sp³-hybridized carbons (Fsp3) is 1.00. The highest BCUT2D eigenvalue weighted by Crippen LogP contribution is 2.29. The first-order valence-corrected chi connectivity index (χ1v) is 7.45. The second-order valence-electron chi connectivity index (χ2n) is 4.84. The lowest BCUT2D eigenvalue weighted by atomic mass is 10.5. The van der Waals surface area contributed by atoms with Gasteiger partial charge in [0.25, 0.3) is 0 Å². The van der Waals surface area contributed by atoms with Crippen molar-refractivity contribution < 1.29 is 8.42 Å². The zero-order valence-corrected chi connectivity index (χ0v) is 10.0. The molecule has 88 valence electrons. The number of rotatable bonds is 7. The molecule has 0 bridgehead atoms. The van der Waals surface area contributed by atoms with Crippen molar-refractivity contribution in [1.82, 2.24) is 10.0 Å². The molecule has 2 atom stereocenters. The predicted molar refractivity (Wildman–Crippen MR) is 60.1 cm³/mol. The molecule has 0 aromatic carbocycles. The van der Waals surface area contributed by atoms with E-state index < -0.39 is 10.0 Å². The Morgan fingerprint density at radius 2 is 2.00 bits per heavy atom. The van der Waals surface area contributed by atoms with E-state index in [1.165, 1.54) is 12.8 Å². The van der Waals surface area contributed by atoms with Gasteiger partial charge in [-0.05, 0) is 38.1 Å². The van der Waals surface area contributed by atoms with Crippen LogP contribution in [0, 0.1) is 5.92 Å². The van der Waals surface area contributed by atoms with E-state index in [0.717, 1.165) is 13.0 Å². The highest BCUT2D eigenvalue weighted by atomic mass is 32.2. The Hall–Kier alpha value is -0.130. The van der Waals surface area contributed by atoms with Crippen LogP contribution < -0.4 is 10.0 Å². The van der Waals surface area contributed by atoms with Gasteiger partial charge in [0.15, 0.2) is 0 Å². The summed E-state index contributed by atoms with van der Waals surface area (Å²) >= 11 is 0. The average Bonchev–Trinajstić information content (AvgIpc) is 3.01. The van der Waals surface area contributed by atoms with Gasteiger partial charge < -0.3 is 5.32 Å². The highest BCUT2D eigenvalue weighted by molar-refractivity contribution is 7.89. The largest absolute Gasteiger partial charge is 0.314 e. The molecule has 2 aliphatic rings. The van der Waals surface area contributed by atoms with Crippen LogP contribution in [-0.4, -0.2) is 32.8 Å². The zero-order chi connectivity index (χ0) is 10.9. The topological polar surface area (TPSA) is 58.2 Å². The number of nitrogens with one attached hydrogen (secondary N) is 2. The van der Waals surface area contributed by atoms with Gasteiger partial charge in [-0.25, -0.2) is 13.1 Å². The molecule has 0 aliphatic heterocycles.